The van der Waals surface area contributed by atoms with Crippen molar-refractivity contribution >= 4 is 27.1 Å². The second-order valence-corrected chi connectivity index (χ2v) is 7.20. The van der Waals surface area contributed by atoms with Gasteiger partial charge in [0, 0.05) is 12.3 Å². The largest absolute Gasteiger partial charge is 0.268 e. The van der Waals surface area contributed by atoms with Crippen LogP contribution in [0.2, 0.25) is 5.15 Å². The summed E-state index contributed by atoms with van der Waals surface area (Å²) in [4.78, 5) is 3.89. The van der Waals surface area contributed by atoms with Crippen molar-refractivity contribution < 1.29 is 8.42 Å². The first-order valence-electron chi connectivity index (χ1n) is 4.80. The molecule has 0 aliphatic rings. The molecule has 0 bridgehead atoms. The van der Waals surface area contributed by atoms with Gasteiger partial charge in [-0.25, -0.2) is 13.4 Å². The summed E-state index contributed by atoms with van der Waals surface area (Å²) in [6.07, 6.45) is 2.58. The molecule has 0 atom stereocenters. The molecule has 0 aliphatic heterocycles. The Morgan fingerprint density at radius 2 is 2.00 bits per heavy atom. The average Bonchev–Trinajstić information content (AvgIpc) is 2.58. The lowest BCUT2D eigenvalue weighted by Gasteiger charge is -2.19. The minimum absolute atomic E-state index is 0.286. The summed E-state index contributed by atoms with van der Waals surface area (Å²) >= 11 is 5.72. The van der Waals surface area contributed by atoms with Crippen LogP contribution in [0.15, 0.2) is 12.4 Å². The molecule has 0 unspecified atom stereocenters. The average molecular weight is 275 g/mol. The normalized spacial score (nSPS) is 13.2. The Balaban J connectivity index is 2.73. The minimum Gasteiger partial charge on any atom is -0.268 e. The number of rotatable bonds is 2. The number of hydrogen-bond donors (Lipinski definition) is 0. The van der Waals surface area contributed by atoms with Gasteiger partial charge in [0.05, 0.1) is 0 Å². The van der Waals surface area contributed by atoms with Crippen molar-refractivity contribution in [2.45, 2.75) is 18.6 Å². The highest BCUT2D eigenvalue weighted by molar-refractivity contribution is 7.91. The summed E-state index contributed by atoms with van der Waals surface area (Å²) in [6.45, 7) is 3.15. The number of sulfone groups is 1. The number of nitrogens with zero attached hydrogens (tertiary/aromatic N) is 4. The molecule has 0 fully saturated rings. The topological polar surface area (TPSA) is 77.2 Å². The number of hydrogen-bond acceptors (Lipinski definition) is 5. The van der Waals surface area contributed by atoms with E-state index in [-0.39, 0.29) is 5.15 Å². The molecule has 0 spiro atoms. The van der Waals surface area contributed by atoms with E-state index < -0.39 is 14.6 Å². The van der Waals surface area contributed by atoms with Gasteiger partial charge in [0.1, 0.15) is 16.2 Å². The summed E-state index contributed by atoms with van der Waals surface area (Å²) < 4.78 is 23.9. The van der Waals surface area contributed by atoms with E-state index in [4.69, 9.17) is 11.6 Å². The molecule has 0 radical (unpaired) electrons. The van der Waals surface area contributed by atoms with Gasteiger partial charge in [-0.3, -0.25) is 4.40 Å². The van der Waals surface area contributed by atoms with Crippen LogP contribution in [0.5, 0.6) is 0 Å². The van der Waals surface area contributed by atoms with Crippen LogP contribution in [0.3, 0.4) is 0 Å². The van der Waals surface area contributed by atoms with Crippen LogP contribution in [0.1, 0.15) is 19.7 Å². The van der Waals surface area contributed by atoms with Gasteiger partial charge in [-0.15, -0.1) is 10.2 Å². The van der Waals surface area contributed by atoms with E-state index in [1.54, 1.807) is 13.8 Å². The predicted molar refractivity (Wildman–Crippen MR) is 63.7 cm³/mol. The number of aromatic nitrogens is 4. The lowest BCUT2D eigenvalue weighted by molar-refractivity contribution is 0.547. The Bertz CT molecular complexity index is 677. The van der Waals surface area contributed by atoms with Gasteiger partial charge in [-0.1, -0.05) is 11.6 Å². The maximum absolute atomic E-state index is 11.7. The smallest absolute Gasteiger partial charge is 0.165 e. The van der Waals surface area contributed by atoms with E-state index >= 15 is 0 Å². The first kappa shape index (κ1) is 12.3. The third-order valence-electron chi connectivity index (χ3n) is 2.73. The van der Waals surface area contributed by atoms with Gasteiger partial charge in [0.25, 0.3) is 0 Å². The Hall–Kier alpha value is -1.21. The van der Waals surface area contributed by atoms with E-state index in [0.717, 1.165) is 6.26 Å². The van der Waals surface area contributed by atoms with E-state index in [9.17, 15) is 8.42 Å². The summed E-state index contributed by atoms with van der Waals surface area (Å²) in [5.41, 5.74) is 0.469. The van der Waals surface area contributed by atoms with E-state index in [1.807, 2.05) is 0 Å². The number of halogens is 1. The highest BCUT2D eigenvalue weighted by Crippen LogP contribution is 2.27. The van der Waals surface area contributed by atoms with E-state index in [1.165, 1.54) is 16.8 Å². The van der Waals surface area contributed by atoms with Crippen LogP contribution in [0.25, 0.3) is 5.65 Å². The van der Waals surface area contributed by atoms with Crippen LogP contribution < -0.4 is 0 Å². The standard InChI is InChI=1S/C9H11ClN4O2S/c1-9(2,17(3,15)16)8-13-12-7-4-6(10)11-5-14(7)8/h4-5H,1-3H3. The Morgan fingerprint density at radius 3 is 2.59 bits per heavy atom. The zero-order valence-corrected chi connectivity index (χ0v) is 11.1. The molecule has 17 heavy (non-hydrogen) atoms. The van der Waals surface area contributed by atoms with Gasteiger partial charge in [-0.2, -0.15) is 0 Å². The van der Waals surface area contributed by atoms with Crippen LogP contribution in [0.4, 0.5) is 0 Å². The zero-order chi connectivity index (χ0) is 12.8. The molecule has 2 aromatic heterocycles. The molecule has 0 N–H and O–H groups in total. The fourth-order valence-electron chi connectivity index (χ4n) is 1.35. The van der Waals surface area contributed by atoms with Crippen molar-refractivity contribution in [3.63, 3.8) is 0 Å². The maximum atomic E-state index is 11.7. The molecule has 0 saturated carbocycles. The van der Waals surface area contributed by atoms with Gasteiger partial charge in [0.15, 0.2) is 21.3 Å². The molecule has 2 heterocycles. The lowest BCUT2D eigenvalue weighted by atomic mass is 10.2. The van der Waals surface area contributed by atoms with Gasteiger partial charge in [-0.05, 0) is 13.8 Å². The van der Waals surface area contributed by atoms with Crippen molar-refractivity contribution in [2.24, 2.45) is 0 Å². The van der Waals surface area contributed by atoms with Crippen molar-refractivity contribution in [3.05, 3.63) is 23.4 Å². The summed E-state index contributed by atoms with van der Waals surface area (Å²) in [6, 6.07) is 1.52. The highest BCUT2D eigenvalue weighted by atomic mass is 35.5. The van der Waals surface area contributed by atoms with Crippen molar-refractivity contribution in [2.75, 3.05) is 6.26 Å². The SMILES string of the molecule is CC(C)(c1nnc2cc(Cl)ncn12)S(C)(=O)=O. The second-order valence-electron chi connectivity index (χ2n) is 4.25. The molecular formula is C9H11ClN4O2S. The molecule has 2 aromatic rings. The maximum Gasteiger partial charge on any atom is 0.165 e. The number of fused-ring (bicyclic) bond motifs is 1. The third-order valence-corrected chi connectivity index (χ3v) is 4.98. The lowest BCUT2D eigenvalue weighted by Crippen LogP contribution is -2.30. The minimum atomic E-state index is -3.31. The van der Waals surface area contributed by atoms with Crippen LogP contribution in [-0.2, 0) is 14.6 Å². The Morgan fingerprint density at radius 1 is 1.35 bits per heavy atom. The Kier molecular flexibility index (Phi) is 2.62. The summed E-state index contributed by atoms with van der Waals surface area (Å²) in [5.74, 6) is 0.319. The molecule has 0 aliphatic carbocycles. The fraction of sp³-hybridized carbons (Fsp3) is 0.444. The summed E-state index contributed by atoms with van der Waals surface area (Å²) in [5, 5.41) is 8.08. The predicted octanol–water partition coefficient (Wildman–Crippen LogP) is 1.06. The first-order chi connectivity index (χ1) is 7.73. The fourth-order valence-corrected chi connectivity index (χ4v) is 1.96. The van der Waals surface area contributed by atoms with Crippen LogP contribution >= 0.6 is 11.6 Å². The van der Waals surface area contributed by atoms with E-state index in [2.05, 4.69) is 15.2 Å². The molecule has 0 saturated heterocycles. The van der Waals surface area contributed by atoms with Crippen LogP contribution in [0, 0.1) is 0 Å². The molecule has 2 rings (SSSR count). The molecular weight excluding hydrogens is 264 g/mol. The van der Waals surface area contributed by atoms with Gasteiger partial charge < -0.3 is 0 Å². The monoisotopic (exact) mass is 274 g/mol. The molecule has 8 heteroatoms. The zero-order valence-electron chi connectivity index (χ0n) is 9.55. The van der Waals surface area contributed by atoms with Crippen molar-refractivity contribution in [1.82, 2.24) is 19.6 Å². The summed E-state index contributed by atoms with van der Waals surface area (Å²) in [7, 11) is -3.31. The first-order valence-corrected chi connectivity index (χ1v) is 7.07. The second kappa shape index (κ2) is 3.64. The van der Waals surface area contributed by atoms with Gasteiger partial charge in [0.2, 0.25) is 0 Å². The quantitative estimate of drug-likeness (QED) is 0.765. The third kappa shape index (κ3) is 1.89. The van der Waals surface area contributed by atoms with Crippen LogP contribution in [-0.4, -0.2) is 34.3 Å². The van der Waals surface area contributed by atoms with Crippen molar-refractivity contribution in [3.8, 4) is 0 Å². The highest BCUT2D eigenvalue weighted by Gasteiger charge is 2.37. The van der Waals surface area contributed by atoms with Gasteiger partial charge >= 0.3 is 0 Å². The molecule has 6 nitrogen and oxygen atoms in total. The van der Waals surface area contributed by atoms with Crippen molar-refractivity contribution in [1.29, 1.82) is 0 Å². The Labute approximate surface area is 104 Å². The molecule has 0 aromatic carbocycles. The molecule has 92 valence electrons. The van der Waals surface area contributed by atoms with E-state index in [0.29, 0.717) is 11.5 Å². The molecule has 0 amide bonds.